The van der Waals surface area contributed by atoms with E-state index in [0.29, 0.717) is 23.7 Å². The number of hydrogen-bond donors (Lipinski definition) is 1. The number of carbonyl (C=O) groups excluding carboxylic acids is 3. The Balaban J connectivity index is 2.09. The summed E-state index contributed by atoms with van der Waals surface area (Å²) in [4.78, 5) is 35.0. The SMILES string of the molecule is C=C(C)C(=O)OCCNC(=O)OCCSCC(C)(C)C(=O)OC1CCCCO1. The quantitative estimate of drug-likeness (QED) is 0.237. The van der Waals surface area contributed by atoms with Crippen molar-refractivity contribution in [1.29, 1.82) is 0 Å². The third-order valence-electron chi connectivity index (χ3n) is 3.81. The zero-order chi connectivity index (χ0) is 21.0. The van der Waals surface area contributed by atoms with Crippen LogP contribution in [0.2, 0.25) is 0 Å². The van der Waals surface area contributed by atoms with Gasteiger partial charge in [-0.1, -0.05) is 6.58 Å². The Kier molecular flexibility index (Phi) is 11.0. The van der Waals surface area contributed by atoms with Crippen LogP contribution in [0.3, 0.4) is 0 Å². The first-order valence-electron chi connectivity index (χ1n) is 9.36. The molecule has 0 aliphatic carbocycles. The van der Waals surface area contributed by atoms with Crippen LogP contribution < -0.4 is 5.32 Å². The van der Waals surface area contributed by atoms with Crippen LogP contribution in [0.15, 0.2) is 12.2 Å². The summed E-state index contributed by atoms with van der Waals surface area (Å²) in [6.45, 7) is 9.70. The normalized spacial score (nSPS) is 16.8. The third-order valence-corrected chi connectivity index (χ3v) is 5.19. The second-order valence-corrected chi connectivity index (χ2v) is 8.22. The van der Waals surface area contributed by atoms with Gasteiger partial charge in [-0.25, -0.2) is 9.59 Å². The molecule has 1 atom stereocenters. The number of rotatable bonds is 11. The highest BCUT2D eigenvalue weighted by molar-refractivity contribution is 7.99. The molecule has 28 heavy (non-hydrogen) atoms. The fourth-order valence-corrected chi connectivity index (χ4v) is 3.11. The summed E-state index contributed by atoms with van der Waals surface area (Å²) < 4.78 is 20.7. The van der Waals surface area contributed by atoms with Gasteiger partial charge in [-0.2, -0.15) is 11.8 Å². The number of nitrogens with one attached hydrogen (secondary N) is 1. The first kappa shape index (κ1) is 24.3. The van der Waals surface area contributed by atoms with E-state index in [0.717, 1.165) is 19.3 Å². The van der Waals surface area contributed by atoms with Gasteiger partial charge in [-0.05, 0) is 33.6 Å². The summed E-state index contributed by atoms with van der Waals surface area (Å²) in [5, 5.41) is 2.48. The number of carbonyl (C=O) groups is 3. The lowest BCUT2D eigenvalue weighted by Crippen LogP contribution is -2.35. The summed E-state index contributed by atoms with van der Waals surface area (Å²) in [6, 6.07) is 0. The second kappa shape index (κ2) is 12.7. The maximum Gasteiger partial charge on any atom is 0.407 e. The summed E-state index contributed by atoms with van der Waals surface area (Å²) in [7, 11) is 0. The Bertz CT molecular complexity index is 544. The molecule has 1 unspecified atom stereocenters. The van der Waals surface area contributed by atoms with Crippen LogP contribution in [0, 0.1) is 5.41 Å². The standard InChI is InChI=1S/C19H31NO7S/c1-14(2)16(21)25-10-8-20-18(23)26-11-12-28-13-19(3,4)17(22)27-15-7-5-6-9-24-15/h15H,1,5-13H2,2-4H3,(H,20,23). The summed E-state index contributed by atoms with van der Waals surface area (Å²) in [6.07, 6.45) is 1.72. The van der Waals surface area contributed by atoms with Crippen LogP contribution in [-0.4, -0.2) is 62.2 Å². The molecule has 0 saturated carbocycles. The summed E-state index contributed by atoms with van der Waals surface area (Å²) >= 11 is 1.50. The van der Waals surface area contributed by atoms with Crippen LogP contribution >= 0.6 is 11.8 Å². The molecule has 1 aliphatic heterocycles. The van der Waals surface area contributed by atoms with Gasteiger partial charge in [0.1, 0.15) is 13.2 Å². The van der Waals surface area contributed by atoms with Gasteiger partial charge in [0.05, 0.1) is 18.6 Å². The topological polar surface area (TPSA) is 100 Å². The largest absolute Gasteiger partial charge is 0.460 e. The monoisotopic (exact) mass is 417 g/mol. The maximum atomic E-state index is 12.3. The van der Waals surface area contributed by atoms with Crippen molar-refractivity contribution < 1.29 is 33.3 Å². The fraction of sp³-hybridized carbons (Fsp3) is 0.737. The van der Waals surface area contributed by atoms with Crippen molar-refractivity contribution >= 4 is 29.8 Å². The summed E-state index contributed by atoms with van der Waals surface area (Å²) in [5.41, 5.74) is -0.348. The zero-order valence-corrected chi connectivity index (χ0v) is 17.7. The Morgan fingerprint density at radius 1 is 1.21 bits per heavy atom. The van der Waals surface area contributed by atoms with Crippen LogP contribution in [-0.2, 0) is 28.5 Å². The van der Waals surface area contributed by atoms with Crippen molar-refractivity contribution in [2.75, 3.05) is 37.9 Å². The van der Waals surface area contributed by atoms with Crippen molar-refractivity contribution in [2.45, 2.75) is 46.3 Å². The predicted octanol–water partition coefficient (Wildman–Crippen LogP) is 2.66. The number of alkyl carbamates (subject to hydrolysis) is 1. The molecule has 1 N–H and O–H groups in total. The zero-order valence-electron chi connectivity index (χ0n) is 16.9. The lowest BCUT2D eigenvalue weighted by Gasteiger charge is -2.28. The van der Waals surface area contributed by atoms with Gasteiger partial charge in [0.25, 0.3) is 0 Å². The van der Waals surface area contributed by atoms with Gasteiger partial charge in [0, 0.05) is 23.5 Å². The minimum Gasteiger partial charge on any atom is -0.460 e. The number of hydrogen-bond acceptors (Lipinski definition) is 8. The van der Waals surface area contributed by atoms with E-state index < -0.39 is 23.8 Å². The van der Waals surface area contributed by atoms with Crippen LogP contribution in [0.4, 0.5) is 4.79 Å². The molecule has 0 aromatic rings. The van der Waals surface area contributed by atoms with Crippen LogP contribution in [0.25, 0.3) is 0 Å². The molecule has 1 aliphatic rings. The summed E-state index contributed by atoms with van der Waals surface area (Å²) in [5.74, 6) is 0.312. The van der Waals surface area contributed by atoms with E-state index in [2.05, 4.69) is 11.9 Å². The van der Waals surface area contributed by atoms with Crippen molar-refractivity contribution in [3.63, 3.8) is 0 Å². The van der Waals surface area contributed by atoms with Gasteiger partial charge in [0.2, 0.25) is 6.29 Å². The van der Waals surface area contributed by atoms with Crippen LogP contribution in [0.1, 0.15) is 40.0 Å². The molecule has 160 valence electrons. The second-order valence-electron chi connectivity index (χ2n) is 7.12. The molecule has 0 bridgehead atoms. The van der Waals surface area contributed by atoms with E-state index in [-0.39, 0.29) is 25.7 Å². The smallest absolute Gasteiger partial charge is 0.407 e. The number of ether oxygens (including phenoxy) is 4. The molecular formula is C19H31NO7S. The van der Waals surface area contributed by atoms with Gasteiger partial charge >= 0.3 is 18.0 Å². The van der Waals surface area contributed by atoms with Crippen molar-refractivity contribution in [3.05, 3.63) is 12.2 Å². The lowest BCUT2D eigenvalue weighted by atomic mass is 9.97. The highest BCUT2D eigenvalue weighted by Gasteiger charge is 2.32. The molecule has 1 heterocycles. The Morgan fingerprint density at radius 3 is 2.61 bits per heavy atom. The number of amides is 1. The molecule has 0 radical (unpaired) electrons. The molecule has 8 nitrogen and oxygen atoms in total. The van der Waals surface area contributed by atoms with Gasteiger partial charge in [0.15, 0.2) is 0 Å². The predicted molar refractivity (Wildman–Crippen MR) is 106 cm³/mol. The molecule has 0 spiro atoms. The molecule has 0 aromatic carbocycles. The van der Waals surface area contributed by atoms with Gasteiger partial charge in [-0.15, -0.1) is 0 Å². The minimum absolute atomic E-state index is 0.0521. The Hall–Kier alpha value is -1.74. The van der Waals surface area contributed by atoms with Crippen LogP contribution in [0.5, 0.6) is 0 Å². The Labute approximate surface area is 170 Å². The average Bonchev–Trinajstić information content (AvgIpc) is 2.65. The van der Waals surface area contributed by atoms with Crippen molar-refractivity contribution in [3.8, 4) is 0 Å². The van der Waals surface area contributed by atoms with E-state index >= 15 is 0 Å². The molecule has 1 rings (SSSR count). The number of esters is 2. The Morgan fingerprint density at radius 2 is 1.96 bits per heavy atom. The van der Waals surface area contributed by atoms with Gasteiger partial charge in [-0.3, -0.25) is 4.79 Å². The average molecular weight is 418 g/mol. The maximum absolute atomic E-state index is 12.3. The first-order valence-corrected chi connectivity index (χ1v) is 10.5. The van der Waals surface area contributed by atoms with E-state index in [1.54, 1.807) is 6.92 Å². The van der Waals surface area contributed by atoms with Crippen molar-refractivity contribution in [1.82, 2.24) is 5.32 Å². The van der Waals surface area contributed by atoms with E-state index in [4.69, 9.17) is 18.9 Å². The van der Waals surface area contributed by atoms with E-state index in [9.17, 15) is 14.4 Å². The molecular weight excluding hydrogens is 386 g/mol. The fourth-order valence-electron chi connectivity index (χ4n) is 2.13. The molecule has 1 amide bonds. The van der Waals surface area contributed by atoms with E-state index in [1.807, 2.05) is 13.8 Å². The number of thioether (sulfide) groups is 1. The van der Waals surface area contributed by atoms with E-state index in [1.165, 1.54) is 11.8 Å². The molecule has 1 fully saturated rings. The highest BCUT2D eigenvalue weighted by Crippen LogP contribution is 2.26. The third kappa shape index (κ3) is 9.98. The molecule has 0 aromatic heterocycles. The van der Waals surface area contributed by atoms with Gasteiger partial charge < -0.3 is 24.3 Å². The minimum atomic E-state index is -0.652. The van der Waals surface area contributed by atoms with Crippen molar-refractivity contribution in [2.24, 2.45) is 5.41 Å². The first-order chi connectivity index (χ1) is 13.2. The molecule has 9 heteroatoms. The molecule has 1 saturated heterocycles. The lowest BCUT2D eigenvalue weighted by molar-refractivity contribution is -0.194. The highest BCUT2D eigenvalue weighted by atomic mass is 32.2.